The molecule has 0 radical (unpaired) electrons. The summed E-state index contributed by atoms with van der Waals surface area (Å²) >= 11 is 6.17. The zero-order chi connectivity index (χ0) is 14.5. The normalized spacial score (nSPS) is 22.2. The Kier molecular flexibility index (Phi) is 5.61. The number of nitrogens with zero attached hydrogens (tertiary/aromatic N) is 2. The van der Waals surface area contributed by atoms with Crippen LogP contribution >= 0.6 is 11.6 Å². The zero-order valence-electron chi connectivity index (χ0n) is 12.3. The van der Waals surface area contributed by atoms with Crippen molar-refractivity contribution in [1.82, 2.24) is 9.97 Å². The van der Waals surface area contributed by atoms with Crippen molar-refractivity contribution in [2.75, 3.05) is 18.5 Å². The minimum absolute atomic E-state index is 0.289. The number of aliphatic hydroxyl groups is 1. The highest BCUT2D eigenvalue weighted by atomic mass is 35.5. The van der Waals surface area contributed by atoms with E-state index in [9.17, 15) is 5.11 Å². The van der Waals surface area contributed by atoms with Gasteiger partial charge in [0, 0.05) is 25.1 Å². The molecule has 0 aliphatic heterocycles. The van der Waals surface area contributed by atoms with E-state index in [0.29, 0.717) is 17.0 Å². The molecule has 2 rings (SSSR count). The highest BCUT2D eigenvalue weighted by Gasteiger charge is 2.26. The number of rotatable bonds is 6. The van der Waals surface area contributed by atoms with Gasteiger partial charge < -0.3 is 10.4 Å². The van der Waals surface area contributed by atoms with Gasteiger partial charge in [-0.2, -0.15) is 0 Å². The molecule has 1 saturated carbocycles. The fraction of sp³-hybridized carbons (Fsp3) is 0.733. The Bertz CT molecular complexity index is 453. The van der Waals surface area contributed by atoms with E-state index >= 15 is 0 Å². The standard InChI is InChI=1S/C15H24ClN3O/c1-3-5-13-18-14(16)10(2)15(19-13)17-8-11-6-4-7-12(11)9-20/h11-12,20H,3-9H2,1-2H3,(H,17,18,19). The largest absolute Gasteiger partial charge is 0.396 e. The molecule has 0 saturated heterocycles. The van der Waals surface area contributed by atoms with Crippen molar-refractivity contribution >= 4 is 17.4 Å². The van der Waals surface area contributed by atoms with Crippen molar-refractivity contribution < 1.29 is 5.11 Å². The van der Waals surface area contributed by atoms with Gasteiger partial charge in [-0.25, -0.2) is 9.97 Å². The number of aryl methyl sites for hydroxylation is 1. The SMILES string of the molecule is CCCc1nc(Cl)c(C)c(NCC2CCCC2CO)n1. The second-order valence-electron chi connectivity index (χ2n) is 5.67. The molecule has 5 heteroatoms. The van der Waals surface area contributed by atoms with Gasteiger partial charge in [-0.15, -0.1) is 0 Å². The summed E-state index contributed by atoms with van der Waals surface area (Å²) in [6, 6.07) is 0. The van der Waals surface area contributed by atoms with Crippen molar-refractivity contribution in [3.05, 3.63) is 16.5 Å². The van der Waals surface area contributed by atoms with E-state index in [4.69, 9.17) is 11.6 Å². The van der Waals surface area contributed by atoms with Gasteiger partial charge >= 0.3 is 0 Å². The van der Waals surface area contributed by atoms with Gasteiger partial charge in [-0.05, 0) is 38.0 Å². The van der Waals surface area contributed by atoms with Crippen molar-refractivity contribution in [3.63, 3.8) is 0 Å². The third kappa shape index (κ3) is 3.61. The Morgan fingerprint density at radius 1 is 1.30 bits per heavy atom. The van der Waals surface area contributed by atoms with Crippen molar-refractivity contribution in [3.8, 4) is 0 Å². The van der Waals surface area contributed by atoms with Crippen LogP contribution in [0.1, 0.15) is 44.0 Å². The van der Waals surface area contributed by atoms with Crippen LogP contribution in [0.3, 0.4) is 0 Å². The first-order chi connectivity index (χ1) is 9.65. The summed E-state index contributed by atoms with van der Waals surface area (Å²) in [7, 11) is 0. The summed E-state index contributed by atoms with van der Waals surface area (Å²) in [5.41, 5.74) is 0.907. The predicted octanol–water partition coefficient (Wildman–Crippen LogP) is 3.21. The minimum atomic E-state index is 0.289. The van der Waals surface area contributed by atoms with Crippen molar-refractivity contribution in [1.29, 1.82) is 0 Å². The summed E-state index contributed by atoms with van der Waals surface area (Å²) < 4.78 is 0. The molecule has 20 heavy (non-hydrogen) atoms. The van der Waals surface area contributed by atoms with Gasteiger partial charge in [0.1, 0.15) is 16.8 Å². The first-order valence-electron chi connectivity index (χ1n) is 7.53. The van der Waals surface area contributed by atoms with Crippen LogP contribution in [0.4, 0.5) is 5.82 Å². The number of nitrogens with one attached hydrogen (secondary N) is 1. The summed E-state index contributed by atoms with van der Waals surface area (Å²) in [6.45, 7) is 5.19. The van der Waals surface area contributed by atoms with Crippen LogP contribution in [0.5, 0.6) is 0 Å². The Balaban J connectivity index is 2.04. The van der Waals surface area contributed by atoms with E-state index in [1.54, 1.807) is 0 Å². The van der Waals surface area contributed by atoms with Crippen LogP contribution in [0.15, 0.2) is 0 Å². The molecule has 0 spiro atoms. The highest BCUT2D eigenvalue weighted by molar-refractivity contribution is 6.30. The molecule has 1 heterocycles. The number of anilines is 1. The third-order valence-electron chi connectivity index (χ3n) is 4.19. The van der Waals surface area contributed by atoms with Crippen molar-refractivity contribution in [2.45, 2.75) is 46.0 Å². The van der Waals surface area contributed by atoms with Gasteiger partial charge in [-0.3, -0.25) is 0 Å². The molecule has 4 nitrogen and oxygen atoms in total. The lowest BCUT2D eigenvalue weighted by atomic mass is 9.97. The van der Waals surface area contributed by atoms with E-state index in [2.05, 4.69) is 22.2 Å². The van der Waals surface area contributed by atoms with E-state index < -0.39 is 0 Å². The Labute approximate surface area is 126 Å². The Morgan fingerprint density at radius 3 is 2.75 bits per heavy atom. The monoisotopic (exact) mass is 297 g/mol. The number of hydrogen-bond acceptors (Lipinski definition) is 4. The number of aliphatic hydroxyl groups excluding tert-OH is 1. The first-order valence-corrected chi connectivity index (χ1v) is 7.91. The molecule has 2 N–H and O–H groups in total. The fourth-order valence-corrected chi connectivity index (χ4v) is 3.08. The molecule has 0 aromatic carbocycles. The number of hydrogen-bond donors (Lipinski definition) is 2. The molecule has 1 aliphatic rings. The van der Waals surface area contributed by atoms with Crippen molar-refractivity contribution in [2.24, 2.45) is 11.8 Å². The van der Waals surface area contributed by atoms with Crippen LogP contribution in [0.2, 0.25) is 5.15 Å². The van der Waals surface area contributed by atoms with Gasteiger partial charge in [0.15, 0.2) is 0 Å². The molecule has 112 valence electrons. The summed E-state index contributed by atoms with van der Waals surface area (Å²) in [5.74, 6) is 2.60. The van der Waals surface area contributed by atoms with Crippen LogP contribution in [0, 0.1) is 18.8 Å². The average molecular weight is 298 g/mol. The molecule has 0 bridgehead atoms. The Morgan fingerprint density at radius 2 is 2.05 bits per heavy atom. The minimum Gasteiger partial charge on any atom is -0.396 e. The first kappa shape index (κ1) is 15.5. The number of aromatic nitrogens is 2. The van der Waals surface area contributed by atoms with E-state index in [1.807, 2.05) is 6.92 Å². The van der Waals surface area contributed by atoms with E-state index in [1.165, 1.54) is 12.8 Å². The smallest absolute Gasteiger partial charge is 0.137 e. The summed E-state index contributed by atoms with van der Waals surface area (Å²) in [5, 5.41) is 13.3. The van der Waals surface area contributed by atoms with Crippen LogP contribution in [-0.2, 0) is 6.42 Å². The zero-order valence-corrected chi connectivity index (χ0v) is 13.1. The average Bonchev–Trinajstić information content (AvgIpc) is 2.89. The quantitative estimate of drug-likeness (QED) is 0.792. The molecule has 0 amide bonds. The van der Waals surface area contributed by atoms with E-state index in [-0.39, 0.29) is 6.61 Å². The second-order valence-corrected chi connectivity index (χ2v) is 6.03. The van der Waals surface area contributed by atoms with Crippen LogP contribution in [-0.4, -0.2) is 28.2 Å². The highest BCUT2D eigenvalue weighted by Crippen LogP contribution is 2.31. The molecular weight excluding hydrogens is 274 g/mol. The van der Waals surface area contributed by atoms with Gasteiger partial charge in [0.25, 0.3) is 0 Å². The maximum atomic E-state index is 9.37. The fourth-order valence-electron chi connectivity index (χ4n) is 2.89. The summed E-state index contributed by atoms with van der Waals surface area (Å²) in [4.78, 5) is 8.87. The molecule has 1 fully saturated rings. The van der Waals surface area contributed by atoms with Gasteiger partial charge in [0.2, 0.25) is 0 Å². The van der Waals surface area contributed by atoms with Gasteiger partial charge in [0.05, 0.1) is 0 Å². The Hall–Kier alpha value is -0.870. The maximum absolute atomic E-state index is 9.37. The molecule has 1 aromatic rings. The molecule has 1 aliphatic carbocycles. The molecule has 2 atom stereocenters. The lowest BCUT2D eigenvalue weighted by molar-refractivity contribution is 0.199. The third-order valence-corrected chi connectivity index (χ3v) is 4.56. The predicted molar refractivity (Wildman–Crippen MR) is 82.2 cm³/mol. The van der Waals surface area contributed by atoms with Crippen LogP contribution < -0.4 is 5.32 Å². The molecular formula is C15H24ClN3O. The van der Waals surface area contributed by atoms with Crippen LogP contribution in [0.25, 0.3) is 0 Å². The lowest BCUT2D eigenvalue weighted by Crippen LogP contribution is -2.22. The van der Waals surface area contributed by atoms with Gasteiger partial charge in [-0.1, -0.05) is 24.9 Å². The summed E-state index contributed by atoms with van der Waals surface area (Å²) in [6.07, 6.45) is 5.37. The maximum Gasteiger partial charge on any atom is 0.137 e. The van der Waals surface area contributed by atoms with E-state index in [0.717, 1.165) is 43.0 Å². The number of halogens is 1. The molecule has 2 unspecified atom stereocenters. The molecule has 1 aromatic heterocycles. The second kappa shape index (κ2) is 7.23. The topological polar surface area (TPSA) is 58.0 Å². The lowest BCUT2D eigenvalue weighted by Gasteiger charge is -2.19.